The Balaban J connectivity index is 1.67. The zero-order chi connectivity index (χ0) is 25.6. The molecule has 0 spiro atoms. The Bertz CT molecular complexity index is 1360. The number of nitro benzene ring substituents is 1. The minimum Gasteiger partial charge on any atom is -0.454 e. The van der Waals surface area contributed by atoms with Crippen LogP contribution in [0.4, 0.5) is 20.2 Å². The molecule has 0 unspecified atom stereocenters. The molecule has 0 bridgehead atoms. The number of alkyl halides is 2. The standard InChI is InChI=1S/C22H16F2N2O7S2/c23-22(24)34-18-9-7-16(8-10-18)25-35(31,32)19-6-2-4-15(12-19)21(28)33-13-20(27)14-3-1-5-17(11-14)26(29)30/h1-12,22,25H,13H2. The van der Waals surface area contributed by atoms with Gasteiger partial charge in [-0.1, -0.05) is 30.0 Å². The number of benzene rings is 3. The van der Waals surface area contributed by atoms with Gasteiger partial charge in [-0.25, -0.2) is 13.2 Å². The van der Waals surface area contributed by atoms with Gasteiger partial charge in [0.2, 0.25) is 5.78 Å². The Morgan fingerprint density at radius 3 is 2.31 bits per heavy atom. The van der Waals surface area contributed by atoms with Crippen LogP contribution in [-0.2, 0) is 14.8 Å². The number of ketones is 1. The molecule has 0 saturated heterocycles. The summed E-state index contributed by atoms with van der Waals surface area (Å²) in [6, 6.07) is 15.1. The van der Waals surface area contributed by atoms with E-state index in [0.717, 1.165) is 12.1 Å². The Hall–Kier alpha value is -3.84. The van der Waals surface area contributed by atoms with Gasteiger partial charge in [-0.15, -0.1) is 0 Å². The van der Waals surface area contributed by atoms with Crippen molar-refractivity contribution in [3.63, 3.8) is 0 Å². The Morgan fingerprint density at radius 1 is 1.00 bits per heavy atom. The molecule has 0 atom stereocenters. The van der Waals surface area contributed by atoms with Crippen molar-refractivity contribution in [1.82, 2.24) is 0 Å². The highest BCUT2D eigenvalue weighted by molar-refractivity contribution is 7.99. The summed E-state index contributed by atoms with van der Waals surface area (Å²) < 4.78 is 57.4. The van der Waals surface area contributed by atoms with E-state index in [-0.39, 0.29) is 32.3 Å². The van der Waals surface area contributed by atoms with E-state index in [0.29, 0.717) is 11.8 Å². The lowest BCUT2D eigenvalue weighted by molar-refractivity contribution is -0.384. The van der Waals surface area contributed by atoms with E-state index in [2.05, 4.69) is 4.72 Å². The van der Waals surface area contributed by atoms with Gasteiger partial charge >= 0.3 is 5.97 Å². The van der Waals surface area contributed by atoms with Gasteiger partial charge in [-0.05, 0) is 42.5 Å². The van der Waals surface area contributed by atoms with Crippen molar-refractivity contribution >= 4 is 44.9 Å². The maximum Gasteiger partial charge on any atom is 0.338 e. The normalized spacial score (nSPS) is 11.2. The second-order valence-corrected chi connectivity index (χ2v) is 9.59. The summed E-state index contributed by atoms with van der Waals surface area (Å²) in [5.74, 6) is -4.27. The Kier molecular flexibility index (Phi) is 8.14. The quantitative estimate of drug-likeness (QED) is 0.133. The zero-order valence-electron chi connectivity index (χ0n) is 17.6. The number of anilines is 1. The number of halogens is 2. The summed E-state index contributed by atoms with van der Waals surface area (Å²) in [4.78, 5) is 34.7. The number of nitrogens with one attached hydrogen (secondary N) is 1. The van der Waals surface area contributed by atoms with Crippen LogP contribution in [-0.4, -0.2) is 37.5 Å². The van der Waals surface area contributed by atoms with Gasteiger partial charge in [0.05, 0.1) is 15.4 Å². The molecule has 9 nitrogen and oxygen atoms in total. The minimum absolute atomic E-state index is 0.0227. The highest BCUT2D eigenvalue weighted by atomic mass is 32.2. The van der Waals surface area contributed by atoms with Crippen LogP contribution in [0.15, 0.2) is 82.6 Å². The van der Waals surface area contributed by atoms with E-state index in [4.69, 9.17) is 4.74 Å². The Labute approximate surface area is 202 Å². The number of nitrogens with zero attached hydrogens (tertiary/aromatic N) is 1. The van der Waals surface area contributed by atoms with Gasteiger partial charge in [0.25, 0.3) is 21.5 Å². The summed E-state index contributed by atoms with van der Waals surface area (Å²) in [7, 11) is -4.14. The van der Waals surface area contributed by atoms with Crippen LogP contribution in [0, 0.1) is 10.1 Å². The highest BCUT2D eigenvalue weighted by Crippen LogP contribution is 2.27. The third-order valence-corrected chi connectivity index (χ3v) is 6.53. The molecule has 0 fully saturated rings. The molecule has 182 valence electrons. The third kappa shape index (κ3) is 7.07. The molecule has 0 amide bonds. The number of thioether (sulfide) groups is 1. The SMILES string of the molecule is O=C(COC(=O)c1cccc(S(=O)(=O)Nc2ccc(SC(F)F)cc2)c1)c1cccc([N+](=O)[O-])c1. The first kappa shape index (κ1) is 25.8. The predicted molar refractivity (Wildman–Crippen MR) is 123 cm³/mol. The van der Waals surface area contributed by atoms with Gasteiger partial charge in [-0.2, -0.15) is 8.78 Å². The third-order valence-electron chi connectivity index (χ3n) is 4.43. The van der Waals surface area contributed by atoms with Gasteiger partial charge < -0.3 is 4.74 Å². The summed E-state index contributed by atoms with van der Waals surface area (Å²) in [6.45, 7) is -0.710. The molecule has 0 aliphatic heterocycles. The largest absolute Gasteiger partial charge is 0.454 e. The minimum atomic E-state index is -4.14. The second kappa shape index (κ2) is 11.1. The number of Topliss-reactive ketones (excluding diaryl/α,β-unsaturated/α-hetero) is 1. The van der Waals surface area contributed by atoms with E-state index >= 15 is 0 Å². The predicted octanol–water partition coefficient (Wildman–Crippen LogP) is 4.75. The number of ether oxygens (including phenoxy) is 1. The highest BCUT2D eigenvalue weighted by Gasteiger charge is 2.19. The molecule has 3 rings (SSSR count). The number of sulfonamides is 1. The van der Waals surface area contributed by atoms with Crippen LogP contribution in [0.3, 0.4) is 0 Å². The molecule has 0 heterocycles. The average Bonchev–Trinajstić information content (AvgIpc) is 2.83. The zero-order valence-corrected chi connectivity index (χ0v) is 19.2. The molecule has 1 N–H and O–H groups in total. The molecule has 13 heteroatoms. The molecule has 35 heavy (non-hydrogen) atoms. The topological polar surface area (TPSA) is 133 Å². The summed E-state index contributed by atoms with van der Waals surface area (Å²) in [5.41, 5.74) is -0.344. The lowest BCUT2D eigenvalue weighted by Gasteiger charge is -2.10. The number of hydrogen-bond donors (Lipinski definition) is 1. The van der Waals surface area contributed by atoms with E-state index < -0.39 is 39.1 Å². The first-order valence-electron chi connectivity index (χ1n) is 9.68. The number of carbonyl (C=O) groups excluding carboxylic acids is 2. The number of esters is 1. The molecule has 0 aliphatic carbocycles. The second-order valence-electron chi connectivity index (χ2n) is 6.84. The maximum atomic E-state index is 12.7. The van der Waals surface area contributed by atoms with E-state index in [1.165, 1.54) is 60.7 Å². The summed E-state index contributed by atoms with van der Waals surface area (Å²) in [6.07, 6.45) is 0. The van der Waals surface area contributed by atoms with E-state index in [9.17, 15) is 36.9 Å². The van der Waals surface area contributed by atoms with Crippen molar-refractivity contribution in [2.75, 3.05) is 11.3 Å². The van der Waals surface area contributed by atoms with Crippen LogP contribution < -0.4 is 4.72 Å². The molecular weight excluding hydrogens is 506 g/mol. The van der Waals surface area contributed by atoms with Crippen LogP contribution in [0.25, 0.3) is 0 Å². The number of rotatable bonds is 10. The summed E-state index contributed by atoms with van der Waals surface area (Å²) >= 11 is 0.318. The van der Waals surface area contributed by atoms with Crippen molar-refractivity contribution < 1.29 is 36.4 Å². The van der Waals surface area contributed by atoms with Gasteiger partial charge in [-0.3, -0.25) is 19.6 Å². The van der Waals surface area contributed by atoms with Crippen LogP contribution >= 0.6 is 11.8 Å². The lowest BCUT2D eigenvalue weighted by Crippen LogP contribution is -2.16. The monoisotopic (exact) mass is 522 g/mol. The number of non-ortho nitro benzene ring substituents is 1. The van der Waals surface area contributed by atoms with E-state index in [1.807, 2.05) is 0 Å². The van der Waals surface area contributed by atoms with Crippen molar-refractivity contribution in [1.29, 1.82) is 0 Å². The molecule has 3 aromatic carbocycles. The first-order valence-corrected chi connectivity index (χ1v) is 12.0. The molecule has 0 saturated carbocycles. The van der Waals surface area contributed by atoms with Crippen molar-refractivity contribution in [2.24, 2.45) is 0 Å². The molecule has 0 radical (unpaired) electrons. The average molecular weight is 523 g/mol. The molecule has 3 aromatic rings. The van der Waals surface area contributed by atoms with Crippen molar-refractivity contribution in [2.45, 2.75) is 15.5 Å². The number of carbonyl (C=O) groups is 2. The Morgan fingerprint density at radius 2 is 1.66 bits per heavy atom. The molecular formula is C22H16F2N2O7S2. The first-order chi connectivity index (χ1) is 16.5. The van der Waals surface area contributed by atoms with Crippen LogP contribution in [0.2, 0.25) is 0 Å². The molecule has 0 aliphatic rings. The summed E-state index contributed by atoms with van der Waals surface area (Å²) in [5, 5.41) is 10.8. The van der Waals surface area contributed by atoms with Crippen LogP contribution in [0.5, 0.6) is 0 Å². The van der Waals surface area contributed by atoms with Crippen molar-refractivity contribution in [3.05, 3.63) is 94.0 Å². The van der Waals surface area contributed by atoms with Gasteiger partial charge in [0, 0.05) is 28.3 Å². The fourth-order valence-corrected chi connectivity index (χ4v) is 4.40. The number of hydrogen-bond acceptors (Lipinski definition) is 8. The van der Waals surface area contributed by atoms with Gasteiger partial charge in [0.1, 0.15) is 0 Å². The number of nitro groups is 1. The van der Waals surface area contributed by atoms with Gasteiger partial charge in [0.15, 0.2) is 6.61 Å². The lowest BCUT2D eigenvalue weighted by atomic mass is 10.1. The smallest absolute Gasteiger partial charge is 0.338 e. The maximum absolute atomic E-state index is 12.7. The van der Waals surface area contributed by atoms with Crippen molar-refractivity contribution in [3.8, 4) is 0 Å². The van der Waals surface area contributed by atoms with E-state index in [1.54, 1.807) is 0 Å². The fourth-order valence-electron chi connectivity index (χ4n) is 2.80. The van der Waals surface area contributed by atoms with Crippen LogP contribution in [0.1, 0.15) is 20.7 Å². The fraction of sp³-hybridized carbons (Fsp3) is 0.0909. The molecule has 0 aromatic heterocycles.